The van der Waals surface area contributed by atoms with Crippen LogP contribution in [0.4, 0.5) is 0 Å². The molecule has 1 heterocycles. The standard InChI is InChI=1S/C21H26N2O6S2/c1-16-9-11-18(12-10-16)31(27,28)23-13-5-8-20(23)21(24)29-15-17-6-4-7-19(14-17)30(25,26)22(2)3/h4,6-7,9-12,14,20H,5,8,13,15H2,1-3H3/t20-/m0/s1. The van der Waals surface area contributed by atoms with Crippen molar-refractivity contribution in [2.24, 2.45) is 0 Å². The van der Waals surface area contributed by atoms with Crippen molar-refractivity contribution in [2.75, 3.05) is 20.6 Å². The van der Waals surface area contributed by atoms with Crippen LogP contribution in [-0.2, 0) is 36.2 Å². The first-order valence-corrected chi connectivity index (χ1v) is 12.7. The van der Waals surface area contributed by atoms with Crippen LogP contribution >= 0.6 is 0 Å². The third kappa shape index (κ3) is 4.98. The second kappa shape index (κ2) is 9.07. The predicted octanol–water partition coefficient (Wildman–Crippen LogP) is 2.14. The molecule has 31 heavy (non-hydrogen) atoms. The Balaban J connectivity index is 1.73. The van der Waals surface area contributed by atoms with Crippen LogP contribution in [-0.4, -0.2) is 58.1 Å². The Morgan fingerprint density at radius 3 is 2.39 bits per heavy atom. The third-order valence-electron chi connectivity index (χ3n) is 5.16. The van der Waals surface area contributed by atoms with E-state index in [1.165, 1.54) is 42.7 Å². The molecule has 2 aromatic carbocycles. The largest absolute Gasteiger partial charge is 0.460 e. The summed E-state index contributed by atoms with van der Waals surface area (Å²) in [7, 11) is -4.56. The zero-order valence-electron chi connectivity index (χ0n) is 17.7. The zero-order valence-corrected chi connectivity index (χ0v) is 19.3. The summed E-state index contributed by atoms with van der Waals surface area (Å²) in [6, 6.07) is 11.7. The second-order valence-corrected chi connectivity index (χ2v) is 11.7. The molecule has 0 spiro atoms. The summed E-state index contributed by atoms with van der Waals surface area (Å²) in [4.78, 5) is 12.9. The van der Waals surface area contributed by atoms with Crippen LogP contribution in [0.15, 0.2) is 58.3 Å². The molecule has 1 aliphatic rings. The predicted molar refractivity (Wildman–Crippen MR) is 115 cm³/mol. The fraction of sp³-hybridized carbons (Fsp3) is 0.381. The molecule has 1 atom stereocenters. The van der Waals surface area contributed by atoms with E-state index < -0.39 is 32.1 Å². The van der Waals surface area contributed by atoms with Gasteiger partial charge >= 0.3 is 5.97 Å². The van der Waals surface area contributed by atoms with Gasteiger partial charge in [-0.05, 0) is 49.6 Å². The van der Waals surface area contributed by atoms with Crippen LogP contribution in [0.3, 0.4) is 0 Å². The van der Waals surface area contributed by atoms with E-state index in [1.807, 2.05) is 6.92 Å². The van der Waals surface area contributed by atoms with Gasteiger partial charge in [0, 0.05) is 20.6 Å². The molecule has 0 aliphatic carbocycles. The first kappa shape index (κ1) is 23.4. The molecule has 168 valence electrons. The normalized spacial score (nSPS) is 17.7. The average molecular weight is 467 g/mol. The Kier molecular flexibility index (Phi) is 6.85. The lowest BCUT2D eigenvalue weighted by molar-refractivity contribution is -0.148. The lowest BCUT2D eigenvalue weighted by atomic mass is 10.2. The minimum absolute atomic E-state index is 0.0930. The lowest BCUT2D eigenvalue weighted by Gasteiger charge is -2.23. The fourth-order valence-corrected chi connectivity index (χ4v) is 5.99. The molecular formula is C21H26N2O6S2. The van der Waals surface area contributed by atoms with Gasteiger partial charge < -0.3 is 4.74 Å². The van der Waals surface area contributed by atoms with Crippen molar-refractivity contribution in [3.63, 3.8) is 0 Å². The SMILES string of the molecule is Cc1ccc(S(=O)(=O)N2CCC[C@H]2C(=O)OCc2cccc(S(=O)(=O)N(C)C)c2)cc1. The van der Waals surface area contributed by atoms with Crippen molar-refractivity contribution >= 4 is 26.0 Å². The fourth-order valence-electron chi connectivity index (χ4n) is 3.37. The summed E-state index contributed by atoms with van der Waals surface area (Å²) >= 11 is 0. The first-order valence-electron chi connectivity index (χ1n) is 9.80. The Hall–Kier alpha value is -2.27. The van der Waals surface area contributed by atoms with Gasteiger partial charge in [-0.15, -0.1) is 0 Å². The molecule has 10 heteroatoms. The molecule has 8 nitrogen and oxygen atoms in total. The Morgan fingerprint density at radius 1 is 1.06 bits per heavy atom. The maximum absolute atomic E-state index is 13.0. The number of rotatable bonds is 7. The highest BCUT2D eigenvalue weighted by Crippen LogP contribution is 2.27. The summed E-state index contributed by atoms with van der Waals surface area (Å²) in [5.41, 5.74) is 1.44. The lowest BCUT2D eigenvalue weighted by Crippen LogP contribution is -2.41. The van der Waals surface area contributed by atoms with Gasteiger partial charge in [0.15, 0.2) is 0 Å². The Morgan fingerprint density at radius 2 is 1.74 bits per heavy atom. The molecule has 0 unspecified atom stereocenters. The maximum Gasteiger partial charge on any atom is 0.324 e. The van der Waals surface area contributed by atoms with E-state index in [0.717, 1.165) is 9.87 Å². The van der Waals surface area contributed by atoms with E-state index in [0.29, 0.717) is 18.4 Å². The first-order chi connectivity index (χ1) is 14.5. The topological polar surface area (TPSA) is 101 Å². The third-order valence-corrected chi connectivity index (χ3v) is 8.89. The summed E-state index contributed by atoms with van der Waals surface area (Å²) in [6.07, 6.45) is 0.931. The Labute approximate surface area is 183 Å². The number of ether oxygens (including phenoxy) is 1. The molecule has 0 radical (unpaired) electrons. The smallest absolute Gasteiger partial charge is 0.324 e. The number of hydrogen-bond donors (Lipinski definition) is 0. The monoisotopic (exact) mass is 466 g/mol. The van der Waals surface area contributed by atoms with Gasteiger partial charge in [-0.1, -0.05) is 29.8 Å². The number of aryl methyl sites for hydroxylation is 1. The van der Waals surface area contributed by atoms with Crippen molar-refractivity contribution in [2.45, 2.75) is 42.2 Å². The highest BCUT2D eigenvalue weighted by molar-refractivity contribution is 7.89. The minimum atomic E-state index is -3.82. The second-order valence-electron chi connectivity index (χ2n) is 7.63. The summed E-state index contributed by atoms with van der Waals surface area (Å²) in [5.74, 6) is -0.644. The van der Waals surface area contributed by atoms with Gasteiger partial charge in [-0.3, -0.25) is 4.79 Å². The molecule has 0 bridgehead atoms. The number of carbonyl (C=O) groups excluding carboxylic acids is 1. The van der Waals surface area contributed by atoms with E-state index in [9.17, 15) is 21.6 Å². The number of sulfonamides is 2. The molecule has 0 amide bonds. The van der Waals surface area contributed by atoms with Crippen LogP contribution in [0.5, 0.6) is 0 Å². The van der Waals surface area contributed by atoms with Crippen LogP contribution in [0.2, 0.25) is 0 Å². The van der Waals surface area contributed by atoms with Crippen molar-refractivity contribution in [3.05, 3.63) is 59.7 Å². The molecular weight excluding hydrogens is 440 g/mol. The highest BCUT2D eigenvalue weighted by Gasteiger charge is 2.40. The molecule has 1 saturated heterocycles. The number of esters is 1. The molecule has 3 rings (SSSR count). The van der Waals surface area contributed by atoms with Gasteiger partial charge in [0.2, 0.25) is 20.0 Å². The molecule has 1 aliphatic heterocycles. The van der Waals surface area contributed by atoms with E-state index in [4.69, 9.17) is 4.74 Å². The van der Waals surface area contributed by atoms with Crippen molar-refractivity contribution < 1.29 is 26.4 Å². The highest BCUT2D eigenvalue weighted by atomic mass is 32.2. The number of nitrogens with zero attached hydrogens (tertiary/aromatic N) is 2. The van der Waals surface area contributed by atoms with Crippen molar-refractivity contribution in [1.82, 2.24) is 8.61 Å². The summed E-state index contributed by atoms with van der Waals surface area (Å²) < 4.78 is 58.2. The molecule has 0 saturated carbocycles. The molecule has 2 aromatic rings. The van der Waals surface area contributed by atoms with Crippen LogP contribution in [0.1, 0.15) is 24.0 Å². The number of carbonyl (C=O) groups is 1. The van der Waals surface area contributed by atoms with Gasteiger partial charge in [0.1, 0.15) is 12.6 Å². The minimum Gasteiger partial charge on any atom is -0.460 e. The van der Waals surface area contributed by atoms with E-state index in [2.05, 4.69) is 0 Å². The Bertz CT molecular complexity index is 1160. The van der Waals surface area contributed by atoms with Crippen molar-refractivity contribution in [3.8, 4) is 0 Å². The van der Waals surface area contributed by atoms with Crippen molar-refractivity contribution in [1.29, 1.82) is 0 Å². The average Bonchev–Trinajstić information content (AvgIpc) is 3.23. The molecule has 0 aromatic heterocycles. The van der Waals surface area contributed by atoms with Gasteiger partial charge in [0.25, 0.3) is 0 Å². The molecule has 0 N–H and O–H groups in total. The maximum atomic E-state index is 13.0. The van der Waals surface area contributed by atoms with Gasteiger partial charge in [0.05, 0.1) is 9.79 Å². The van der Waals surface area contributed by atoms with Gasteiger partial charge in [-0.25, -0.2) is 21.1 Å². The summed E-state index contributed by atoms with van der Waals surface area (Å²) in [6.45, 7) is 1.96. The molecule has 1 fully saturated rings. The quantitative estimate of drug-likeness (QED) is 0.580. The zero-order chi connectivity index (χ0) is 22.8. The summed E-state index contributed by atoms with van der Waals surface area (Å²) in [5, 5.41) is 0. The van der Waals surface area contributed by atoms with E-state index in [1.54, 1.807) is 24.3 Å². The van der Waals surface area contributed by atoms with Crippen LogP contribution in [0.25, 0.3) is 0 Å². The van der Waals surface area contributed by atoms with Crippen LogP contribution < -0.4 is 0 Å². The van der Waals surface area contributed by atoms with Crippen LogP contribution in [0, 0.1) is 6.92 Å². The van der Waals surface area contributed by atoms with Gasteiger partial charge in [-0.2, -0.15) is 4.31 Å². The van der Waals surface area contributed by atoms with E-state index >= 15 is 0 Å². The van der Waals surface area contributed by atoms with E-state index in [-0.39, 0.29) is 22.9 Å². The number of benzene rings is 2. The number of hydrogen-bond acceptors (Lipinski definition) is 6.